The summed E-state index contributed by atoms with van der Waals surface area (Å²) < 4.78 is 5.22. The molecule has 1 atom stereocenters. The maximum atomic E-state index is 12.0. The highest BCUT2D eigenvalue weighted by atomic mass is 16.5. The Balaban J connectivity index is 1.58. The fourth-order valence-corrected chi connectivity index (χ4v) is 3.06. The van der Waals surface area contributed by atoms with E-state index in [1.165, 1.54) is 6.08 Å². The molecule has 1 aromatic carbocycles. The van der Waals surface area contributed by atoms with E-state index in [-0.39, 0.29) is 31.8 Å². The number of aliphatic hydroxyl groups excluding tert-OH is 1. The summed E-state index contributed by atoms with van der Waals surface area (Å²) in [5.41, 5.74) is 7.49. The smallest absolute Gasteiger partial charge is 0.306 e. The van der Waals surface area contributed by atoms with Gasteiger partial charge in [0.25, 0.3) is 0 Å². The number of aliphatic hydroxyl groups is 1. The minimum absolute atomic E-state index is 0.0277. The van der Waals surface area contributed by atoms with Crippen LogP contribution < -0.4 is 5.73 Å². The third-order valence-corrected chi connectivity index (χ3v) is 4.52. The Bertz CT molecular complexity index is 854. The van der Waals surface area contributed by atoms with Gasteiger partial charge in [0.15, 0.2) is 5.76 Å². The molecule has 0 bridgehead atoms. The Hall–Kier alpha value is -3.35. The van der Waals surface area contributed by atoms with Crippen molar-refractivity contribution in [3.05, 3.63) is 71.2 Å². The van der Waals surface area contributed by atoms with E-state index >= 15 is 0 Å². The van der Waals surface area contributed by atoms with Crippen LogP contribution in [0.2, 0.25) is 0 Å². The average Bonchev–Trinajstić information content (AvgIpc) is 3.08. The van der Waals surface area contributed by atoms with Gasteiger partial charge in [0.2, 0.25) is 11.7 Å². The van der Waals surface area contributed by atoms with Crippen LogP contribution in [-0.4, -0.2) is 40.3 Å². The number of rotatable bonds is 7. The average molecular weight is 368 g/mol. The number of carbonyl (C=O) groups is 3. The maximum absolute atomic E-state index is 12.0. The second-order valence-corrected chi connectivity index (χ2v) is 6.38. The molecule has 0 saturated heterocycles. The van der Waals surface area contributed by atoms with Gasteiger partial charge in [-0.1, -0.05) is 30.3 Å². The molecule has 7 nitrogen and oxygen atoms in total. The molecule has 0 saturated carbocycles. The molecule has 0 radical (unpaired) electrons. The van der Waals surface area contributed by atoms with Gasteiger partial charge in [0, 0.05) is 24.7 Å². The summed E-state index contributed by atoms with van der Waals surface area (Å²) in [6, 6.07) is 8.56. The third-order valence-electron chi connectivity index (χ3n) is 4.52. The van der Waals surface area contributed by atoms with Crippen LogP contribution in [0.25, 0.3) is 0 Å². The number of allylic oxidation sites excluding steroid dienone is 2. The number of benzene rings is 1. The third kappa shape index (κ3) is 4.25. The van der Waals surface area contributed by atoms with E-state index in [1.807, 2.05) is 30.3 Å². The fraction of sp³-hybridized carbons (Fsp3) is 0.250. The summed E-state index contributed by atoms with van der Waals surface area (Å²) in [4.78, 5) is 37.0. The summed E-state index contributed by atoms with van der Waals surface area (Å²) in [5, 5.41) is 9.90. The largest absolute Gasteiger partial charge is 0.504 e. The summed E-state index contributed by atoms with van der Waals surface area (Å²) in [6.07, 6.45) is 4.73. The molecule has 140 valence electrons. The predicted octanol–water partition coefficient (Wildman–Crippen LogP) is 1.51. The molecular formula is C20H20N2O5. The number of ether oxygens (including phenoxy) is 1. The number of carbonyl (C=O) groups excluding carboxylic acids is 3. The van der Waals surface area contributed by atoms with Crippen LogP contribution in [0, 0.1) is 0 Å². The van der Waals surface area contributed by atoms with E-state index in [4.69, 9.17) is 10.5 Å². The van der Waals surface area contributed by atoms with Gasteiger partial charge in [-0.2, -0.15) is 0 Å². The molecule has 1 heterocycles. The zero-order valence-electron chi connectivity index (χ0n) is 14.6. The van der Waals surface area contributed by atoms with Crippen LogP contribution >= 0.6 is 0 Å². The predicted molar refractivity (Wildman–Crippen MR) is 97.0 cm³/mol. The maximum Gasteiger partial charge on any atom is 0.306 e. The van der Waals surface area contributed by atoms with E-state index < -0.39 is 23.7 Å². The van der Waals surface area contributed by atoms with Crippen LogP contribution in [0.4, 0.5) is 0 Å². The van der Waals surface area contributed by atoms with E-state index in [1.54, 1.807) is 17.2 Å². The molecule has 1 aromatic rings. The minimum Gasteiger partial charge on any atom is -0.504 e. The highest BCUT2D eigenvalue weighted by Crippen LogP contribution is 2.30. The van der Waals surface area contributed by atoms with Gasteiger partial charge in [0.05, 0.1) is 0 Å². The molecule has 0 fully saturated rings. The Kier molecular flexibility index (Phi) is 5.40. The lowest BCUT2D eigenvalue weighted by Gasteiger charge is -2.24. The summed E-state index contributed by atoms with van der Waals surface area (Å²) in [7, 11) is 0. The normalized spacial score (nSPS) is 16.8. The lowest BCUT2D eigenvalue weighted by molar-refractivity contribution is -0.145. The Morgan fingerprint density at radius 2 is 1.96 bits per heavy atom. The number of hydrogen-bond acceptors (Lipinski definition) is 6. The molecular weight excluding hydrogens is 348 g/mol. The van der Waals surface area contributed by atoms with Gasteiger partial charge < -0.3 is 20.5 Å². The number of amides is 1. The first-order chi connectivity index (χ1) is 13.0. The van der Waals surface area contributed by atoms with Crippen molar-refractivity contribution < 1.29 is 24.2 Å². The molecule has 7 heteroatoms. The van der Waals surface area contributed by atoms with Crippen molar-refractivity contribution in [3.63, 3.8) is 0 Å². The highest BCUT2D eigenvalue weighted by Gasteiger charge is 2.32. The lowest BCUT2D eigenvalue weighted by atomic mass is 10.0. The molecule has 2 aliphatic rings. The van der Waals surface area contributed by atoms with Gasteiger partial charge in [-0.05, 0) is 29.7 Å². The van der Waals surface area contributed by atoms with Crippen molar-refractivity contribution in [2.45, 2.75) is 25.5 Å². The van der Waals surface area contributed by atoms with Crippen LogP contribution in [-0.2, 0) is 25.7 Å². The fourth-order valence-electron chi connectivity index (χ4n) is 3.06. The summed E-state index contributed by atoms with van der Waals surface area (Å²) in [6.45, 7) is 0.353. The first-order valence-electron chi connectivity index (χ1n) is 8.57. The van der Waals surface area contributed by atoms with Gasteiger partial charge in [0.1, 0.15) is 12.6 Å². The van der Waals surface area contributed by atoms with E-state index in [0.29, 0.717) is 11.1 Å². The van der Waals surface area contributed by atoms with Gasteiger partial charge in [-0.15, -0.1) is 0 Å². The van der Waals surface area contributed by atoms with Crippen molar-refractivity contribution in [3.8, 4) is 0 Å². The number of primary amides is 1. The topological polar surface area (TPSA) is 110 Å². The Labute approximate surface area is 156 Å². The SMILES string of the molecule is NC(=O)[C@@H](CCC(=O)OCc1ccccc1)N1C=C2C=CC(=O)C(O)=C2C1. The minimum atomic E-state index is -0.740. The van der Waals surface area contributed by atoms with Crippen LogP contribution in [0.15, 0.2) is 65.6 Å². The van der Waals surface area contributed by atoms with Gasteiger partial charge in [-0.25, -0.2) is 0 Å². The van der Waals surface area contributed by atoms with E-state index in [9.17, 15) is 19.5 Å². The van der Waals surface area contributed by atoms with Gasteiger partial charge >= 0.3 is 5.97 Å². The van der Waals surface area contributed by atoms with Crippen molar-refractivity contribution in [2.24, 2.45) is 5.73 Å². The molecule has 1 aliphatic heterocycles. The molecule has 0 spiro atoms. The number of hydrogen-bond donors (Lipinski definition) is 2. The Morgan fingerprint density at radius 1 is 1.22 bits per heavy atom. The van der Waals surface area contributed by atoms with Crippen molar-refractivity contribution in [1.29, 1.82) is 0 Å². The molecule has 3 rings (SSSR count). The monoisotopic (exact) mass is 368 g/mol. The van der Waals surface area contributed by atoms with Crippen molar-refractivity contribution >= 4 is 17.7 Å². The molecule has 0 aromatic heterocycles. The zero-order chi connectivity index (χ0) is 19.4. The molecule has 0 unspecified atom stereocenters. The molecule has 27 heavy (non-hydrogen) atoms. The Morgan fingerprint density at radius 3 is 2.67 bits per heavy atom. The van der Waals surface area contributed by atoms with Crippen molar-refractivity contribution in [2.75, 3.05) is 6.54 Å². The second kappa shape index (κ2) is 7.90. The number of nitrogens with two attached hydrogens (primary N) is 1. The van der Waals surface area contributed by atoms with Crippen LogP contribution in [0.1, 0.15) is 18.4 Å². The number of esters is 1. The number of fused-ring (bicyclic) bond motifs is 1. The number of nitrogens with zero attached hydrogens (tertiary/aromatic N) is 1. The first kappa shape index (κ1) is 18.4. The van der Waals surface area contributed by atoms with Crippen molar-refractivity contribution in [1.82, 2.24) is 4.90 Å². The molecule has 3 N–H and O–H groups in total. The second-order valence-electron chi connectivity index (χ2n) is 6.38. The van der Waals surface area contributed by atoms with Gasteiger partial charge in [-0.3, -0.25) is 14.4 Å². The molecule has 1 aliphatic carbocycles. The van der Waals surface area contributed by atoms with Crippen LogP contribution in [0.3, 0.4) is 0 Å². The zero-order valence-corrected chi connectivity index (χ0v) is 14.6. The molecule has 1 amide bonds. The quantitative estimate of drug-likeness (QED) is 0.706. The van der Waals surface area contributed by atoms with E-state index in [0.717, 1.165) is 5.56 Å². The summed E-state index contributed by atoms with van der Waals surface area (Å²) >= 11 is 0. The van der Waals surface area contributed by atoms with E-state index in [2.05, 4.69) is 0 Å². The number of ketones is 1. The summed E-state index contributed by atoms with van der Waals surface area (Å²) in [5.74, 6) is -1.80. The standard InChI is InChI=1S/C20H20N2O5/c21-20(26)16(7-9-18(24)27-12-13-4-2-1-3-5-13)22-10-14-6-8-17(23)19(25)15(14)11-22/h1-6,8,10,16,25H,7,9,11-12H2,(H2,21,26)/t16-/m1/s1. The van der Waals surface area contributed by atoms with Crippen LogP contribution in [0.5, 0.6) is 0 Å². The first-order valence-corrected chi connectivity index (χ1v) is 8.57. The highest BCUT2D eigenvalue weighted by molar-refractivity contribution is 6.05. The lowest BCUT2D eigenvalue weighted by Crippen LogP contribution is -2.41.